The van der Waals surface area contributed by atoms with Gasteiger partial charge in [-0.25, -0.2) is 0 Å². The molecule has 1 atom stereocenters. The van der Waals surface area contributed by atoms with Crippen molar-refractivity contribution in [3.8, 4) is 5.75 Å². The standard InChI is InChI=1S/C21H33N3O/c1-12(2)19-16-10-15(14(5)8-7-9-22)20(13(3)4)24-21(16)17(23)11-18(19)25-6/h10-14H,7-9,22-23H2,1-6H3. The number of rotatable bonds is 7. The molecule has 2 rings (SSSR count). The van der Waals surface area contributed by atoms with E-state index in [2.05, 4.69) is 40.7 Å². The van der Waals surface area contributed by atoms with Gasteiger partial charge in [-0.15, -0.1) is 0 Å². The van der Waals surface area contributed by atoms with Crippen LogP contribution < -0.4 is 16.2 Å². The number of benzene rings is 1. The van der Waals surface area contributed by atoms with Crippen LogP contribution in [0.5, 0.6) is 5.75 Å². The van der Waals surface area contributed by atoms with Gasteiger partial charge in [-0.2, -0.15) is 0 Å². The van der Waals surface area contributed by atoms with Crippen LogP contribution in [0.15, 0.2) is 12.1 Å². The molecule has 0 aliphatic carbocycles. The average molecular weight is 344 g/mol. The van der Waals surface area contributed by atoms with Crippen LogP contribution in [0.2, 0.25) is 0 Å². The summed E-state index contributed by atoms with van der Waals surface area (Å²) in [6, 6.07) is 4.21. The predicted octanol–water partition coefficient (Wildman–Crippen LogP) is 4.91. The van der Waals surface area contributed by atoms with Gasteiger partial charge >= 0.3 is 0 Å². The van der Waals surface area contributed by atoms with E-state index >= 15 is 0 Å². The number of hydrogen-bond acceptors (Lipinski definition) is 4. The molecule has 0 saturated heterocycles. The largest absolute Gasteiger partial charge is 0.496 e. The Morgan fingerprint density at radius 2 is 1.76 bits per heavy atom. The van der Waals surface area contributed by atoms with Crippen molar-refractivity contribution >= 4 is 16.6 Å². The van der Waals surface area contributed by atoms with E-state index < -0.39 is 0 Å². The Balaban J connectivity index is 2.79. The SMILES string of the molecule is COc1cc(N)c2nc(C(C)C)c(C(C)CCCN)cc2c1C(C)C. The summed E-state index contributed by atoms with van der Waals surface area (Å²) in [4.78, 5) is 5.01. The lowest BCUT2D eigenvalue weighted by molar-refractivity contribution is 0.409. The average Bonchev–Trinajstić information content (AvgIpc) is 2.57. The number of aromatic nitrogens is 1. The number of methoxy groups -OCH3 is 1. The minimum Gasteiger partial charge on any atom is -0.496 e. The van der Waals surface area contributed by atoms with Crippen LogP contribution in [-0.2, 0) is 0 Å². The highest BCUT2D eigenvalue weighted by Gasteiger charge is 2.21. The molecule has 25 heavy (non-hydrogen) atoms. The number of hydrogen-bond donors (Lipinski definition) is 2. The number of pyridine rings is 1. The lowest BCUT2D eigenvalue weighted by Crippen LogP contribution is -2.09. The molecular weight excluding hydrogens is 310 g/mol. The zero-order valence-electron chi connectivity index (χ0n) is 16.5. The second kappa shape index (κ2) is 8.05. The van der Waals surface area contributed by atoms with Crippen molar-refractivity contribution in [2.75, 3.05) is 19.4 Å². The van der Waals surface area contributed by atoms with E-state index in [1.807, 2.05) is 6.07 Å². The van der Waals surface area contributed by atoms with Crippen LogP contribution in [0.4, 0.5) is 5.69 Å². The fourth-order valence-corrected chi connectivity index (χ4v) is 3.59. The van der Waals surface area contributed by atoms with Gasteiger partial charge in [0, 0.05) is 22.7 Å². The van der Waals surface area contributed by atoms with E-state index in [1.54, 1.807) is 7.11 Å². The zero-order chi connectivity index (χ0) is 18.7. The minimum atomic E-state index is 0.331. The van der Waals surface area contributed by atoms with Crippen LogP contribution in [0, 0.1) is 0 Å². The Kier molecular flexibility index (Phi) is 6.28. The second-order valence-corrected chi connectivity index (χ2v) is 7.58. The molecule has 1 unspecified atom stereocenters. The highest BCUT2D eigenvalue weighted by molar-refractivity contribution is 5.95. The van der Waals surface area contributed by atoms with Gasteiger partial charge in [0.25, 0.3) is 0 Å². The molecule has 138 valence electrons. The van der Waals surface area contributed by atoms with Crippen LogP contribution in [-0.4, -0.2) is 18.6 Å². The van der Waals surface area contributed by atoms with E-state index in [0.717, 1.165) is 41.7 Å². The number of fused-ring (bicyclic) bond motifs is 1. The van der Waals surface area contributed by atoms with E-state index in [-0.39, 0.29) is 0 Å². The lowest BCUT2D eigenvalue weighted by Gasteiger charge is -2.22. The summed E-state index contributed by atoms with van der Waals surface area (Å²) in [5.41, 5.74) is 17.2. The van der Waals surface area contributed by atoms with Crippen molar-refractivity contribution in [1.82, 2.24) is 4.98 Å². The zero-order valence-corrected chi connectivity index (χ0v) is 16.5. The molecule has 0 saturated carbocycles. The number of anilines is 1. The molecular formula is C21H33N3O. The van der Waals surface area contributed by atoms with Gasteiger partial charge in [-0.1, -0.05) is 34.6 Å². The van der Waals surface area contributed by atoms with Gasteiger partial charge in [0.2, 0.25) is 0 Å². The maximum absolute atomic E-state index is 6.32. The van der Waals surface area contributed by atoms with Crippen LogP contribution in [0.1, 0.15) is 82.0 Å². The number of nitrogen functional groups attached to an aromatic ring is 1. The molecule has 0 radical (unpaired) electrons. The summed E-state index contributed by atoms with van der Waals surface area (Å²) >= 11 is 0. The summed E-state index contributed by atoms with van der Waals surface area (Å²) in [6.07, 6.45) is 2.09. The first-order chi connectivity index (χ1) is 11.8. The summed E-state index contributed by atoms with van der Waals surface area (Å²) in [5.74, 6) is 1.95. The third kappa shape index (κ3) is 3.90. The molecule has 0 fully saturated rings. The maximum atomic E-state index is 6.32. The quantitative estimate of drug-likeness (QED) is 0.700. The van der Waals surface area contributed by atoms with Gasteiger partial charge in [0.15, 0.2) is 0 Å². The molecule has 0 amide bonds. The van der Waals surface area contributed by atoms with Crippen molar-refractivity contribution in [1.29, 1.82) is 0 Å². The molecule has 1 heterocycles. The van der Waals surface area contributed by atoms with Gasteiger partial charge in [0.1, 0.15) is 5.75 Å². The van der Waals surface area contributed by atoms with E-state index in [9.17, 15) is 0 Å². The summed E-state index contributed by atoms with van der Waals surface area (Å²) in [7, 11) is 1.70. The molecule has 2 aromatic rings. The molecule has 0 aliphatic rings. The highest BCUT2D eigenvalue weighted by atomic mass is 16.5. The molecule has 1 aromatic carbocycles. The van der Waals surface area contributed by atoms with Crippen LogP contribution >= 0.6 is 0 Å². The molecule has 1 aromatic heterocycles. The molecule has 4 N–H and O–H groups in total. The Morgan fingerprint density at radius 3 is 2.28 bits per heavy atom. The Bertz CT molecular complexity index is 738. The van der Waals surface area contributed by atoms with Crippen molar-refractivity contribution in [2.24, 2.45) is 5.73 Å². The molecule has 0 spiro atoms. The lowest BCUT2D eigenvalue weighted by atomic mass is 9.87. The highest BCUT2D eigenvalue weighted by Crippen LogP contribution is 2.40. The first kappa shape index (κ1) is 19.5. The topological polar surface area (TPSA) is 74.2 Å². The minimum absolute atomic E-state index is 0.331. The first-order valence-electron chi connectivity index (χ1n) is 9.32. The predicted molar refractivity (Wildman–Crippen MR) is 108 cm³/mol. The molecule has 0 bridgehead atoms. The fraction of sp³-hybridized carbons (Fsp3) is 0.571. The van der Waals surface area contributed by atoms with Crippen molar-refractivity contribution in [3.05, 3.63) is 29.0 Å². The van der Waals surface area contributed by atoms with Gasteiger partial charge < -0.3 is 16.2 Å². The molecule has 0 aliphatic heterocycles. The summed E-state index contributed by atoms with van der Waals surface area (Å²) < 4.78 is 5.61. The number of nitrogens with two attached hydrogens (primary N) is 2. The fourth-order valence-electron chi connectivity index (χ4n) is 3.59. The number of ether oxygens (including phenoxy) is 1. The second-order valence-electron chi connectivity index (χ2n) is 7.58. The molecule has 4 nitrogen and oxygen atoms in total. The smallest absolute Gasteiger partial charge is 0.125 e. The van der Waals surface area contributed by atoms with Crippen molar-refractivity contribution in [2.45, 2.75) is 65.2 Å². The van der Waals surface area contributed by atoms with Gasteiger partial charge in [0.05, 0.1) is 18.3 Å². The van der Waals surface area contributed by atoms with Crippen LogP contribution in [0.25, 0.3) is 10.9 Å². The van der Waals surface area contributed by atoms with E-state index in [4.69, 9.17) is 21.2 Å². The Labute approximate surface area is 152 Å². The van der Waals surface area contributed by atoms with Crippen LogP contribution in [0.3, 0.4) is 0 Å². The maximum Gasteiger partial charge on any atom is 0.125 e. The van der Waals surface area contributed by atoms with E-state index in [0.29, 0.717) is 23.4 Å². The number of nitrogens with zero attached hydrogens (tertiary/aromatic N) is 1. The first-order valence-corrected chi connectivity index (χ1v) is 9.32. The van der Waals surface area contributed by atoms with Gasteiger partial charge in [-0.3, -0.25) is 4.98 Å². The normalized spacial score (nSPS) is 13.0. The Hall–Kier alpha value is -1.81. The van der Waals surface area contributed by atoms with Crippen molar-refractivity contribution in [3.63, 3.8) is 0 Å². The summed E-state index contributed by atoms with van der Waals surface area (Å²) in [5, 5.41) is 1.12. The summed E-state index contributed by atoms with van der Waals surface area (Å²) in [6.45, 7) is 11.7. The van der Waals surface area contributed by atoms with Gasteiger partial charge in [-0.05, 0) is 48.8 Å². The van der Waals surface area contributed by atoms with E-state index in [1.165, 1.54) is 11.1 Å². The van der Waals surface area contributed by atoms with Crippen molar-refractivity contribution < 1.29 is 4.74 Å². The third-order valence-electron chi connectivity index (χ3n) is 4.91. The third-order valence-corrected chi connectivity index (χ3v) is 4.91. The molecule has 4 heteroatoms. The Morgan fingerprint density at radius 1 is 1.08 bits per heavy atom. The monoisotopic (exact) mass is 343 g/mol.